The van der Waals surface area contributed by atoms with E-state index in [0.717, 1.165) is 17.7 Å². The summed E-state index contributed by atoms with van der Waals surface area (Å²) in [6.45, 7) is 0.572. The largest absolute Gasteiger partial charge is 0.370 e. The molecule has 2 aromatic rings. The maximum atomic E-state index is 5.94. The van der Waals surface area contributed by atoms with Crippen LogP contribution in [0.3, 0.4) is 0 Å². The Morgan fingerprint density at radius 2 is 1.70 bits per heavy atom. The van der Waals surface area contributed by atoms with E-state index in [1.807, 2.05) is 42.5 Å². The summed E-state index contributed by atoms with van der Waals surface area (Å²) >= 11 is 11.9. The van der Waals surface area contributed by atoms with E-state index in [4.69, 9.17) is 28.9 Å². The molecule has 0 aliphatic rings. The number of benzene rings is 2. The summed E-state index contributed by atoms with van der Waals surface area (Å²) in [6.07, 6.45) is 0.734. The minimum Gasteiger partial charge on any atom is -0.370 e. The van der Waals surface area contributed by atoms with Crippen LogP contribution in [0, 0.1) is 0 Å². The summed E-state index contributed by atoms with van der Waals surface area (Å²) in [5.41, 5.74) is 7.77. The Morgan fingerprint density at radius 1 is 1.05 bits per heavy atom. The maximum absolute atomic E-state index is 5.94. The molecule has 0 spiro atoms. The fourth-order valence-electron chi connectivity index (χ4n) is 1.77. The molecular formula is C15H15Cl2N3. The lowest BCUT2D eigenvalue weighted by Crippen LogP contribution is -2.23. The summed E-state index contributed by atoms with van der Waals surface area (Å²) in [5.74, 6) is 0.393. The number of aliphatic imine (C=N–C) groups is 1. The standard InChI is InChI=1S/C15H15Cl2N3/c16-12-8-11(9-13(17)10-12)6-7-19-15(18)20-14-4-2-1-3-5-14/h1-5,8-10H,6-7H2,(H3,18,19,20). The number of rotatable bonds is 4. The first-order valence-electron chi connectivity index (χ1n) is 6.20. The molecular weight excluding hydrogens is 293 g/mol. The second-order valence-corrected chi connectivity index (χ2v) is 5.16. The molecule has 5 heteroatoms. The highest BCUT2D eigenvalue weighted by Gasteiger charge is 1.99. The topological polar surface area (TPSA) is 50.4 Å². The number of hydrogen-bond donors (Lipinski definition) is 2. The third kappa shape index (κ3) is 4.76. The molecule has 0 unspecified atom stereocenters. The van der Waals surface area contributed by atoms with Crippen molar-refractivity contribution in [2.75, 3.05) is 11.9 Å². The van der Waals surface area contributed by atoms with E-state index in [2.05, 4.69) is 10.3 Å². The Bertz CT molecular complexity index is 577. The van der Waals surface area contributed by atoms with Crippen LogP contribution in [0.5, 0.6) is 0 Å². The molecule has 0 saturated carbocycles. The Hall–Kier alpha value is -1.71. The number of anilines is 1. The van der Waals surface area contributed by atoms with Crippen molar-refractivity contribution in [3.63, 3.8) is 0 Å². The lowest BCUT2D eigenvalue weighted by atomic mass is 10.1. The van der Waals surface area contributed by atoms with Gasteiger partial charge in [-0.05, 0) is 42.3 Å². The second kappa shape index (κ2) is 7.17. The lowest BCUT2D eigenvalue weighted by molar-refractivity contribution is 0.965. The molecule has 2 rings (SSSR count). The summed E-state index contributed by atoms with van der Waals surface area (Å²) in [6, 6.07) is 15.1. The van der Waals surface area contributed by atoms with Crippen molar-refractivity contribution in [2.45, 2.75) is 6.42 Å². The molecule has 0 atom stereocenters. The Morgan fingerprint density at radius 3 is 2.35 bits per heavy atom. The SMILES string of the molecule is NC(=NCCc1cc(Cl)cc(Cl)c1)Nc1ccccc1. The van der Waals surface area contributed by atoms with Crippen molar-refractivity contribution in [3.05, 3.63) is 64.1 Å². The monoisotopic (exact) mass is 307 g/mol. The Balaban J connectivity index is 1.89. The van der Waals surface area contributed by atoms with Crippen LogP contribution in [0.25, 0.3) is 0 Å². The maximum Gasteiger partial charge on any atom is 0.193 e. The predicted octanol–water partition coefficient (Wildman–Crippen LogP) is 3.96. The first kappa shape index (κ1) is 14.7. The van der Waals surface area contributed by atoms with E-state index < -0.39 is 0 Å². The minimum atomic E-state index is 0.393. The van der Waals surface area contributed by atoms with E-state index in [1.54, 1.807) is 6.07 Å². The third-order valence-corrected chi connectivity index (χ3v) is 3.09. The number of hydrogen-bond acceptors (Lipinski definition) is 1. The lowest BCUT2D eigenvalue weighted by Gasteiger charge is -2.05. The molecule has 3 N–H and O–H groups in total. The van der Waals surface area contributed by atoms with Crippen molar-refractivity contribution >= 4 is 34.8 Å². The van der Waals surface area contributed by atoms with Gasteiger partial charge in [-0.15, -0.1) is 0 Å². The second-order valence-electron chi connectivity index (χ2n) is 4.29. The smallest absolute Gasteiger partial charge is 0.193 e. The van der Waals surface area contributed by atoms with Gasteiger partial charge in [0.15, 0.2) is 5.96 Å². The average molecular weight is 308 g/mol. The van der Waals surface area contributed by atoms with E-state index in [-0.39, 0.29) is 0 Å². The molecule has 0 amide bonds. The molecule has 104 valence electrons. The van der Waals surface area contributed by atoms with E-state index in [9.17, 15) is 0 Å². The van der Waals surface area contributed by atoms with Gasteiger partial charge in [-0.25, -0.2) is 0 Å². The van der Waals surface area contributed by atoms with Crippen molar-refractivity contribution in [1.29, 1.82) is 0 Å². The highest BCUT2D eigenvalue weighted by atomic mass is 35.5. The molecule has 3 nitrogen and oxygen atoms in total. The van der Waals surface area contributed by atoms with Crippen LogP contribution in [0.4, 0.5) is 5.69 Å². The van der Waals surface area contributed by atoms with Gasteiger partial charge >= 0.3 is 0 Å². The van der Waals surface area contributed by atoms with Crippen molar-refractivity contribution < 1.29 is 0 Å². The Kier molecular flexibility index (Phi) is 5.27. The molecule has 0 aromatic heterocycles. The number of guanidine groups is 1. The zero-order valence-corrected chi connectivity index (χ0v) is 12.3. The van der Waals surface area contributed by atoms with E-state index >= 15 is 0 Å². The van der Waals surface area contributed by atoms with Crippen LogP contribution >= 0.6 is 23.2 Å². The van der Waals surface area contributed by atoms with Crippen molar-refractivity contribution in [3.8, 4) is 0 Å². The molecule has 2 aromatic carbocycles. The average Bonchev–Trinajstić information content (AvgIpc) is 2.38. The van der Waals surface area contributed by atoms with Gasteiger partial charge in [0.05, 0.1) is 0 Å². The molecule has 20 heavy (non-hydrogen) atoms. The number of halogens is 2. The molecule has 0 radical (unpaired) electrons. The van der Waals surface area contributed by atoms with Gasteiger partial charge in [0.25, 0.3) is 0 Å². The highest BCUT2D eigenvalue weighted by Crippen LogP contribution is 2.19. The fraction of sp³-hybridized carbons (Fsp3) is 0.133. The first-order chi connectivity index (χ1) is 9.63. The molecule has 0 fully saturated rings. The van der Waals surface area contributed by atoms with Crippen LogP contribution in [0.2, 0.25) is 10.0 Å². The highest BCUT2D eigenvalue weighted by molar-refractivity contribution is 6.34. The quantitative estimate of drug-likeness (QED) is 0.663. The van der Waals surface area contributed by atoms with Gasteiger partial charge < -0.3 is 11.1 Å². The van der Waals surface area contributed by atoms with Gasteiger partial charge in [-0.2, -0.15) is 0 Å². The fourth-order valence-corrected chi connectivity index (χ4v) is 2.34. The van der Waals surface area contributed by atoms with Gasteiger partial charge in [0.2, 0.25) is 0 Å². The van der Waals surface area contributed by atoms with Crippen LogP contribution in [-0.4, -0.2) is 12.5 Å². The first-order valence-corrected chi connectivity index (χ1v) is 6.96. The third-order valence-electron chi connectivity index (χ3n) is 2.65. The Labute approximate surface area is 128 Å². The molecule has 0 aliphatic carbocycles. The molecule has 0 aliphatic heterocycles. The summed E-state index contributed by atoms with van der Waals surface area (Å²) < 4.78 is 0. The van der Waals surface area contributed by atoms with Crippen LogP contribution in [-0.2, 0) is 6.42 Å². The van der Waals surface area contributed by atoms with E-state index in [0.29, 0.717) is 22.5 Å². The number of nitrogens with two attached hydrogens (primary N) is 1. The minimum absolute atomic E-state index is 0.393. The normalized spacial score (nSPS) is 11.4. The van der Waals surface area contributed by atoms with Crippen molar-refractivity contribution in [1.82, 2.24) is 0 Å². The molecule has 0 saturated heterocycles. The van der Waals surface area contributed by atoms with Crippen molar-refractivity contribution in [2.24, 2.45) is 10.7 Å². The summed E-state index contributed by atoms with van der Waals surface area (Å²) in [5, 5.41) is 4.29. The zero-order chi connectivity index (χ0) is 14.4. The van der Waals surface area contributed by atoms with Gasteiger partial charge in [-0.1, -0.05) is 41.4 Å². The number of nitrogens with zero attached hydrogens (tertiary/aromatic N) is 1. The van der Waals surface area contributed by atoms with Crippen LogP contribution in [0.15, 0.2) is 53.5 Å². The van der Waals surface area contributed by atoms with Crippen LogP contribution < -0.4 is 11.1 Å². The number of para-hydroxylation sites is 1. The zero-order valence-electron chi connectivity index (χ0n) is 10.8. The van der Waals surface area contributed by atoms with Gasteiger partial charge in [-0.3, -0.25) is 4.99 Å². The predicted molar refractivity (Wildman–Crippen MR) is 86.7 cm³/mol. The van der Waals surface area contributed by atoms with Crippen LogP contribution in [0.1, 0.15) is 5.56 Å². The van der Waals surface area contributed by atoms with Gasteiger partial charge in [0.1, 0.15) is 0 Å². The number of nitrogens with one attached hydrogen (secondary N) is 1. The molecule has 0 bridgehead atoms. The molecule has 0 heterocycles. The van der Waals surface area contributed by atoms with Gasteiger partial charge in [0, 0.05) is 22.3 Å². The summed E-state index contributed by atoms with van der Waals surface area (Å²) in [7, 11) is 0. The van der Waals surface area contributed by atoms with E-state index in [1.165, 1.54) is 0 Å². The summed E-state index contributed by atoms with van der Waals surface area (Å²) in [4.78, 5) is 4.27.